The van der Waals surface area contributed by atoms with Crippen LogP contribution in [0.3, 0.4) is 0 Å². The highest BCUT2D eigenvalue weighted by molar-refractivity contribution is 7.87. The molecule has 1 amide bonds. The molecule has 1 fully saturated rings. The quantitative estimate of drug-likeness (QED) is 0.778. The van der Waals surface area contributed by atoms with Gasteiger partial charge in [-0.1, -0.05) is 0 Å². The highest BCUT2D eigenvalue weighted by Gasteiger charge is 2.32. The molecular formula is C18H31N5O3S. The minimum atomic E-state index is -3.43. The van der Waals surface area contributed by atoms with Crippen LogP contribution in [0.5, 0.6) is 0 Å². The number of amides is 1. The van der Waals surface area contributed by atoms with E-state index in [0.29, 0.717) is 13.0 Å². The average Bonchev–Trinajstić information content (AvgIpc) is 2.97. The molecular weight excluding hydrogens is 366 g/mol. The third-order valence-corrected chi connectivity index (χ3v) is 7.18. The van der Waals surface area contributed by atoms with Crippen molar-refractivity contribution in [1.29, 1.82) is 0 Å². The maximum absolute atomic E-state index is 13.4. The molecule has 1 N–H and O–H groups in total. The van der Waals surface area contributed by atoms with Gasteiger partial charge in [-0.05, 0) is 51.4 Å². The summed E-state index contributed by atoms with van der Waals surface area (Å²) in [5.74, 6) is 0.0494. The first-order valence-corrected chi connectivity index (χ1v) is 11.3. The molecule has 0 radical (unpaired) electrons. The predicted octanol–water partition coefficient (Wildman–Crippen LogP) is 1.08. The monoisotopic (exact) mass is 397 g/mol. The average molecular weight is 398 g/mol. The Labute approximate surface area is 162 Å². The molecule has 27 heavy (non-hydrogen) atoms. The first-order chi connectivity index (χ1) is 12.8. The summed E-state index contributed by atoms with van der Waals surface area (Å²) < 4.78 is 29.3. The van der Waals surface area contributed by atoms with Crippen molar-refractivity contribution in [3.8, 4) is 0 Å². The number of carbonyl (C=O) groups is 1. The van der Waals surface area contributed by atoms with E-state index in [9.17, 15) is 13.2 Å². The van der Waals surface area contributed by atoms with Gasteiger partial charge in [-0.3, -0.25) is 9.48 Å². The number of rotatable bonds is 6. The molecule has 1 aromatic heterocycles. The van der Waals surface area contributed by atoms with Crippen molar-refractivity contribution in [3.05, 3.63) is 17.0 Å². The fourth-order valence-corrected chi connectivity index (χ4v) is 4.77. The minimum absolute atomic E-state index is 0.0494. The van der Waals surface area contributed by atoms with Crippen LogP contribution in [-0.2, 0) is 30.1 Å². The van der Waals surface area contributed by atoms with Crippen molar-refractivity contribution in [2.45, 2.75) is 57.4 Å². The molecule has 9 heteroatoms. The van der Waals surface area contributed by atoms with Gasteiger partial charge >= 0.3 is 0 Å². The predicted molar refractivity (Wildman–Crippen MR) is 104 cm³/mol. The van der Waals surface area contributed by atoms with Gasteiger partial charge in [0.25, 0.3) is 16.1 Å². The zero-order valence-electron chi connectivity index (χ0n) is 16.6. The normalized spacial score (nSPS) is 20.7. The van der Waals surface area contributed by atoms with Gasteiger partial charge in [0.15, 0.2) is 0 Å². The first-order valence-electron chi connectivity index (χ1n) is 9.84. The van der Waals surface area contributed by atoms with Crippen molar-refractivity contribution in [2.24, 2.45) is 7.05 Å². The number of likely N-dealkylation sites (tertiary alicyclic amines) is 1. The summed E-state index contributed by atoms with van der Waals surface area (Å²) in [6.45, 7) is 1.06. The van der Waals surface area contributed by atoms with Crippen LogP contribution >= 0.6 is 0 Å². The molecule has 1 aliphatic carbocycles. The molecule has 1 saturated heterocycles. The summed E-state index contributed by atoms with van der Waals surface area (Å²) in [5.41, 5.74) is 2.91. The third-order valence-electron chi connectivity index (χ3n) is 5.65. The van der Waals surface area contributed by atoms with Crippen LogP contribution in [0.4, 0.5) is 0 Å². The van der Waals surface area contributed by atoms with Crippen LogP contribution in [0.25, 0.3) is 0 Å². The molecule has 2 heterocycles. The third kappa shape index (κ3) is 4.35. The van der Waals surface area contributed by atoms with Crippen LogP contribution < -0.4 is 4.72 Å². The van der Waals surface area contributed by atoms with Crippen molar-refractivity contribution in [3.63, 3.8) is 0 Å². The van der Waals surface area contributed by atoms with E-state index in [1.165, 1.54) is 18.4 Å². The van der Waals surface area contributed by atoms with Gasteiger partial charge in [-0.15, -0.1) is 0 Å². The van der Waals surface area contributed by atoms with Crippen molar-refractivity contribution >= 4 is 16.1 Å². The zero-order chi connectivity index (χ0) is 19.6. The molecule has 1 aliphatic heterocycles. The number of aromatic nitrogens is 2. The number of nitrogens with zero attached hydrogens (tertiary/aromatic N) is 4. The van der Waals surface area contributed by atoms with E-state index in [0.717, 1.165) is 68.4 Å². The van der Waals surface area contributed by atoms with E-state index < -0.39 is 10.2 Å². The number of nitrogens with one attached hydrogen (secondary N) is 1. The molecule has 0 spiro atoms. The number of carbonyl (C=O) groups excluding carboxylic acids is 1. The summed E-state index contributed by atoms with van der Waals surface area (Å²) in [6.07, 6.45) is 7.71. The molecule has 3 rings (SSSR count). The fourth-order valence-electron chi connectivity index (χ4n) is 4.14. The summed E-state index contributed by atoms with van der Waals surface area (Å²) >= 11 is 0. The lowest BCUT2D eigenvalue weighted by Gasteiger charge is -2.36. The lowest BCUT2D eigenvalue weighted by Crippen LogP contribution is -2.46. The largest absolute Gasteiger partial charge is 0.334 e. The fraction of sp³-hybridized carbons (Fsp3) is 0.778. The van der Waals surface area contributed by atoms with E-state index in [2.05, 4.69) is 9.82 Å². The minimum Gasteiger partial charge on any atom is -0.334 e. The molecule has 152 valence electrons. The highest BCUT2D eigenvalue weighted by atomic mass is 32.2. The lowest BCUT2D eigenvalue weighted by atomic mass is 9.94. The summed E-state index contributed by atoms with van der Waals surface area (Å²) in [6, 6.07) is 0.0604. The van der Waals surface area contributed by atoms with E-state index in [-0.39, 0.29) is 11.9 Å². The van der Waals surface area contributed by atoms with Crippen LogP contribution in [0.2, 0.25) is 0 Å². The van der Waals surface area contributed by atoms with Crippen molar-refractivity contribution in [1.82, 2.24) is 23.7 Å². The van der Waals surface area contributed by atoms with Gasteiger partial charge in [-0.25, -0.2) is 4.72 Å². The highest BCUT2D eigenvalue weighted by Crippen LogP contribution is 2.27. The van der Waals surface area contributed by atoms with E-state index in [1.807, 2.05) is 11.9 Å². The second-order valence-corrected chi connectivity index (χ2v) is 9.69. The lowest BCUT2D eigenvalue weighted by molar-refractivity contribution is 0.0591. The van der Waals surface area contributed by atoms with Crippen molar-refractivity contribution in [2.75, 3.05) is 27.2 Å². The van der Waals surface area contributed by atoms with Gasteiger partial charge in [-0.2, -0.15) is 17.8 Å². The second kappa shape index (κ2) is 8.28. The Morgan fingerprint density at radius 2 is 1.96 bits per heavy atom. The Hall–Kier alpha value is -1.45. The SMILES string of the molecule is CN(C)S(=O)(=O)NCC[C@@H]1CCCCN1C(=O)c1c2c(nn1C)CCCC2. The maximum Gasteiger partial charge on any atom is 0.278 e. The first kappa shape index (κ1) is 20.3. The molecule has 0 aromatic carbocycles. The molecule has 1 atom stereocenters. The zero-order valence-corrected chi connectivity index (χ0v) is 17.4. The molecule has 0 bridgehead atoms. The van der Waals surface area contributed by atoms with Crippen LogP contribution in [0.1, 0.15) is 60.3 Å². The smallest absolute Gasteiger partial charge is 0.278 e. The van der Waals surface area contributed by atoms with Gasteiger partial charge in [0.1, 0.15) is 5.69 Å². The van der Waals surface area contributed by atoms with Crippen LogP contribution in [-0.4, -0.2) is 66.5 Å². The number of hydrogen-bond donors (Lipinski definition) is 1. The topological polar surface area (TPSA) is 87.5 Å². The standard InChI is InChI=1S/C18H31N5O3S/c1-21(2)27(25,26)19-12-11-14-8-6-7-13-23(14)18(24)17-15-9-4-5-10-16(15)20-22(17)3/h14,19H,4-13H2,1-3H3/t14-/m0/s1. The van der Waals surface area contributed by atoms with Gasteiger partial charge in [0, 0.05) is 45.8 Å². The van der Waals surface area contributed by atoms with Crippen LogP contribution in [0.15, 0.2) is 0 Å². The Bertz CT molecular complexity index is 787. The number of piperidine rings is 1. The molecule has 1 aromatic rings. The van der Waals surface area contributed by atoms with Gasteiger partial charge in [0.2, 0.25) is 0 Å². The summed E-state index contributed by atoms with van der Waals surface area (Å²) in [7, 11) is 1.43. The van der Waals surface area contributed by atoms with Gasteiger partial charge in [0.05, 0.1) is 5.69 Å². The van der Waals surface area contributed by atoms with E-state index in [1.54, 1.807) is 4.68 Å². The van der Waals surface area contributed by atoms with Crippen LogP contribution in [0, 0.1) is 0 Å². The Morgan fingerprint density at radius 3 is 2.70 bits per heavy atom. The van der Waals surface area contributed by atoms with E-state index in [4.69, 9.17) is 0 Å². The number of fused-ring (bicyclic) bond motifs is 1. The molecule has 0 saturated carbocycles. The van der Waals surface area contributed by atoms with Gasteiger partial charge < -0.3 is 4.90 Å². The molecule has 8 nitrogen and oxygen atoms in total. The maximum atomic E-state index is 13.4. The summed E-state index contributed by atoms with van der Waals surface area (Å²) in [5, 5.41) is 4.58. The van der Waals surface area contributed by atoms with E-state index >= 15 is 0 Å². The van der Waals surface area contributed by atoms with Crippen molar-refractivity contribution < 1.29 is 13.2 Å². The Kier molecular flexibility index (Phi) is 6.22. The Morgan fingerprint density at radius 1 is 1.22 bits per heavy atom. The Balaban J connectivity index is 1.72. The number of hydrogen-bond acceptors (Lipinski definition) is 4. The summed E-state index contributed by atoms with van der Waals surface area (Å²) in [4.78, 5) is 15.3. The number of aryl methyl sites for hydroxylation is 2. The molecule has 0 unspecified atom stereocenters. The molecule has 2 aliphatic rings. The second-order valence-electron chi connectivity index (χ2n) is 7.72.